The first kappa shape index (κ1) is 23.4. The van der Waals surface area contributed by atoms with Crippen LogP contribution in [-0.4, -0.2) is 43.3 Å². The Morgan fingerprint density at radius 2 is 2.00 bits per heavy atom. The summed E-state index contributed by atoms with van der Waals surface area (Å²) in [6.45, 7) is 14.5. The molecule has 152 valence electrons. The summed E-state index contributed by atoms with van der Waals surface area (Å²) >= 11 is 6.13. The summed E-state index contributed by atoms with van der Waals surface area (Å²) in [6, 6.07) is 8.50. The molecule has 1 aromatic carbocycles. The highest BCUT2D eigenvalue weighted by atomic mass is 35.5. The summed E-state index contributed by atoms with van der Waals surface area (Å²) in [5.74, 6) is 0.339. The molecule has 0 aromatic heterocycles. The SMILES string of the molecule is C/C=C(\C)C(Nc1cccc(Cl)c1)[C@H](C)CN(C)N=N[C@H](C)C(C)NCC. The molecule has 0 fully saturated rings. The van der Waals surface area contributed by atoms with Crippen molar-refractivity contribution < 1.29 is 0 Å². The van der Waals surface area contributed by atoms with Gasteiger partial charge in [0.1, 0.15) is 0 Å². The molecule has 27 heavy (non-hydrogen) atoms. The maximum absolute atomic E-state index is 6.13. The molecule has 0 bridgehead atoms. The Bertz CT molecular complexity index is 616. The minimum Gasteiger partial charge on any atom is -0.378 e. The van der Waals surface area contributed by atoms with Gasteiger partial charge in [-0.2, -0.15) is 5.11 Å². The average molecular weight is 394 g/mol. The maximum Gasteiger partial charge on any atom is 0.0851 e. The van der Waals surface area contributed by atoms with Crippen molar-refractivity contribution in [1.29, 1.82) is 0 Å². The fourth-order valence-electron chi connectivity index (χ4n) is 2.96. The van der Waals surface area contributed by atoms with E-state index in [1.54, 1.807) is 0 Å². The largest absolute Gasteiger partial charge is 0.378 e. The number of nitrogens with one attached hydrogen (secondary N) is 2. The molecule has 5 nitrogen and oxygen atoms in total. The van der Waals surface area contributed by atoms with Crippen molar-refractivity contribution in [2.45, 2.75) is 59.7 Å². The second-order valence-electron chi connectivity index (χ2n) is 7.27. The smallest absolute Gasteiger partial charge is 0.0851 e. The van der Waals surface area contributed by atoms with Crippen LogP contribution >= 0.6 is 11.6 Å². The van der Waals surface area contributed by atoms with Gasteiger partial charge in [-0.25, -0.2) is 0 Å². The summed E-state index contributed by atoms with van der Waals surface area (Å²) in [4.78, 5) is 0. The average Bonchev–Trinajstić information content (AvgIpc) is 2.63. The zero-order chi connectivity index (χ0) is 20.4. The minimum atomic E-state index is 0.139. The third-order valence-corrected chi connectivity index (χ3v) is 5.09. The lowest BCUT2D eigenvalue weighted by Crippen LogP contribution is -2.36. The van der Waals surface area contributed by atoms with Crippen molar-refractivity contribution in [3.63, 3.8) is 0 Å². The maximum atomic E-state index is 6.13. The predicted molar refractivity (Wildman–Crippen MR) is 118 cm³/mol. The van der Waals surface area contributed by atoms with Crippen molar-refractivity contribution in [1.82, 2.24) is 10.3 Å². The second kappa shape index (κ2) is 12.0. The first-order valence-corrected chi connectivity index (χ1v) is 10.2. The Morgan fingerprint density at radius 1 is 1.30 bits per heavy atom. The molecular formula is C21H36ClN5. The lowest BCUT2D eigenvalue weighted by atomic mass is 9.94. The molecule has 1 rings (SSSR count). The van der Waals surface area contributed by atoms with Crippen LogP contribution in [-0.2, 0) is 0 Å². The number of likely N-dealkylation sites (N-methyl/N-ethyl adjacent to an activating group) is 1. The zero-order valence-electron chi connectivity index (χ0n) is 17.8. The van der Waals surface area contributed by atoms with E-state index in [0.717, 1.165) is 23.8 Å². The van der Waals surface area contributed by atoms with Crippen molar-refractivity contribution in [2.24, 2.45) is 16.3 Å². The van der Waals surface area contributed by atoms with Crippen LogP contribution in [0, 0.1) is 5.92 Å². The third kappa shape index (κ3) is 8.31. The Hall–Kier alpha value is -1.59. The van der Waals surface area contributed by atoms with Crippen LogP contribution in [0.15, 0.2) is 46.3 Å². The zero-order valence-corrected chi connectivity index (χ0v) is 18.6. The predicted octanol–water partition coefficient (Wildman–Crippen LogP) is 5.41. The van der Waals surface area contributed by atoms with Crippen LogP contribution in [0.25, 0.3) is 0 Å². The van der Waals surface area contributed by atoms with Gasteiger partial charge >= 0.3 is 0 Å². The quantitative estimate of drug-likeness (QED) is 0.300. The van der Waals surface area contributed by atoms with Crippen LogP contribution in [0.2, 0.25) is 5.02 Å². The molecule has 0 aliphatic carbocycles. The summed E-state index contributed by atoms with van der Waals surface area (Å²) < 4.78 is 0. The molecule has 0 spiro atoms. The van der Waals surface area contributed by atoms with Crippen LogP contribution in [0.5, 0.6) is 0 Å². The van der Waals surface area contributed by atoms with Crippen molar-refractivity contribution >= 4 is 17.3 Å². The monoisotopic (exact) mass is 393 g/mol. The number of hydrogen-bond donors (Lipinski definition) is 2. The van der Waals surface area contributed by atoms with Gasteiger partial charge < -0.3 is 10.6 Å². The van der Waals surface area contributed by atoms with Gasteiger partial charge in [-0.15, -0.1) is 0 Å². The number of benzene rings is 1. The van der Waals surface area contributed by atoms with E-state index in [4.69, 9.17) is 11.6 Å². The molecule has 0 radical (unpaired) electrons. The van der Waals surface area contributed by atoms with Gasteiger partial charge in [0.05, 0.1) is 12.1 Å². The van der Waals surface area contributed by atoms with E-state index in [1.807, 2.05) is 36.3 Å². The lowest BCUT2D eigenvalue weighted by molar-refractivity contribution is 0.262. The number of hydrogen-bond acceptors (Lipinski definition) is 4. The molecule has 4 atom stereocenters. The van der Waals surface area contributed by atoms with E-state index < -0.39 is 0 Å². The van der Waals surface area contributed by atoms with Crippen molar-refractivity contribution in [2.75, 3.05) is 25.5 Å². The van der Waals surface area contributed by atoms with Crippen molar-refractivity contribution in [3.8, 4) is 0 Å². The highest BCUT2D eigenvalue weighted by Crippen LogP contribution is 2.22. The molecule has 1 aromatic rings. The van der Waals surface area contributed by atoms with Crippen LogP contribution < -0.4 is 10.6 Å². The number of halogens is 1. The molecule has 0 amide bonds. The summed E-state index contributed by atoms with van der Waals surface area (Å²) in [5.41, 5.74) is 2.32. The van der Waals surface area contributed by atoms with E-state index in [1.165, 1.54) is 5.57 Å². The van der Waals surface area contributed by atoms with E-state index in [0.29, 0.717) is 12.0 Å². The van der Waals surface area contributed by atoms with E-state index >= 15 is 0 Å². The first-order valence-electron chi connectivity index (χ1n) is 9.78. The second-order valence-corrected chi connectivity index (χ2v) is 7.71. The van der Waals surface area contributed by atoms with Crippen LogP contribution in [0.4, 0.5) is 5.69 Å². The molecular weight excluding hydrogens is 358 g/mol. The topological polar surface area (TPSA) is 52.0 Å². The van der Waals surface area contributed by atoms with Crippen LogP contribution in [0.1, 0.15) is 41.5 Å². The highest BCUT2D eigenvalue weighted by Gasteiger charge is 2.20. The number of nitrogens with zero attached hydrogens (tertiary/aromatic N) is 3. The van der Waals surface area contributed by atoms with Gasteiger partial charge in [0.2, 0.25) is 0 Å². The van der Waals surface area contributed by atoms with Gasteiger partial charge in [0.15, 0.2) is 0 Å². The van der Waals surface area contributed by atoms with E-state index in [2.05, 4.69) is 68.6 Å². The summed E-state index contributed by atoms with van der Waals surface area (Å²) in [5, 5.41) is 18.5. The molecule has 0 saturated heterocycles. The summed E-state index contributed by atoms with van der Waals surface area (Å²) in [7, 11) is 1.98. The van der Waals surface area contributed by atoms with Crippen LogP contribution in [0.3, 0.4) is 0 Å². The lowest BCUT2D eigenvalue weighted by Gasteiger charge is -2.29. The molecule has 6 heteroatoms. The number of rotatable bonds is 11. The Kier molecular flexibility index (Phi) is 10.4. The number of anilines is 1. The fraction of sp³-hybridized carbons (Fsp3) is 0.619. The van der Waals surface area contributed by atoms with Gasteiger partial charge in [-0.1, -0.05) is 48.4 Å². The van der Waals surface area contributed by atoms with Gasteiger partial charge in [0, 0.05) is 30.3 Å². The fourth-order valence-corrected chi connectivity index (χ4v) is 3.15. The number of allylic oxidation sites excluding steroid dienone is 1. The normalized spacial score (nSPS) is 16.8. The Balaban J connectivity index is 2.74. The Labute approximate surface area is 170 Å². The molecule has 0 saturated carbocycles. The molecule has 0 aliphatic heterocycles. The minimum absolute atomic E-state index is 0.139. The third-order valence-electron chi connectivity index (χ3n) is 4.85. The molecule has 0 heterocycles. The van der Waals surface area contributed by atoms with Gasteiger partial charge in [-0.05, 0) is 58.4 Å². The molecule has 2 N–H and O–H groups in total. The highest BCUT2D eigenvalue weighted by molar-refractivity contribution is 6.30. The van der Waals surface area contributed by atoms with Crippen molar-refractivity contribution in [3.05, 3.63) is 40.9 Å². The van der Waals surface area contributed by atoms with Gasteiger partial charge in [0.25, 0.3) is 0 Å². The Morgan fingerprint density at radius 3 is 2.59 bits per heavy atom. The van der Waals surface area contributed by atoms with Gasteiger partial charge in [-0.3, -0.25) is 5.01 Å². The summed E-state index contributed by atoms with van der Waals surface area (Å²) in [6.07, 6.45) is 2.15. The molecule has 2 unspecified atom stereocenters. The molecule has 0 aliphatic rings. The first-order chi connectivity index (χ1) is 12.8. The van der Waals surface area contributed by atoms with E-state index in [-0.39, 0.29) is 12.1 Å². The standard InChI is InChI=1S/C21H36ClN5/c1-8-15(3)21(24-20-12-10-11-19(22)13-20)16(4)14-27(7)26-25-18(6)17(5)23-9-2/h8,10-13,16-18,21,23-24H,9,14H2,1-7H3/b15-8+,26-25?/t16-,17?,18-,21?/m1/s1. The van der Waals surface area contributed by atoms with E-state index in [9.17, 15) is 0 Å².